The minimum Gasteiger partial charge on any atom is -0.324 e. The molecule has 0 aliphatic carbocycles. The Kier molecular flexibility index (Phi) is 7.11. The molecule has 0 aromatic carbocycles. The molecule has 0 aromatic heterocycles. The van der Waals surface area contributed by atoms with Crippen LogP contribution >= 0.6 is 39.6 Å². The Balaban J connectivity index is 4.34. The predicted octanol–water partition coefficient (Wildman–Crippen LogP) is 0.721. The van der Waals surface area contributed by atoms with Crippen molar-refractivity contribution in [1.29, 1.82) is 0 Å². The predicted molar refractivity (Wildman–Crippen MR) is 63.7 cm³/mol. The van der Waals surface area contributed by atoms with Crippen LogP contribution in [-0.2, 0) is 9.13 Å². The van der Waals surface area contributed by atoms with Gasteiger partial charge in [0.05, 0.1) is 6.16 Å². The van der Waals surface area contributed by atoms with Gasteiger partial charge in [-0.2, -0.15) is 12.6 Å². The lowest BCUT2D eigenvalue weighted by molar-refractivity contribution is 0.357. The van der Waals surface area contributed by atoms with Crippen molar-refractivity contribution >= 4 is 39.6 Å². The van der Waals surface area contributed by atoms with Crippen molar-refractivity contribution in [2.75, 3.05) is 17.7 Å². The molecule has 10 heteroatoms. The van der Waals surface area contributed by atoms with Crippen LogP contribution in [0, 0.1) is 0 Å². The average Bonchev–Trinajstić information content (AvgIpc) is 1.99. The zero-order valence-corrected chi connectivity index (χ0v) is 11.3. The lowest BCUT2D eigenvalue weighted by atomic mass is 10.6. The van der Waals surface area contributed by atoms with Crippen molar-refractivity contribution in [2.45, 2.75) is 11.4 Å². The molecule has 0 aromatic rings. The molecule has 92 valence electrons. The van der Waals surface area contributed by atoms with E-state index in [9.17, 15) is 9.13 Å². The smallest absolute Gasteiger partial charge is 0.324 e. The van der Waals surface area contributed by atoms with E-state index in [4.69, 9.17) is 19.6 Å². The second-order valence-electron chi connectivity index (χ2n) is 2.84. The Morgan fingerprint density at radius 1 is 1.20 bits per heavy atom. The maximum Gasteiger partial charge on any atom is 0.339 e. The molecule has 15 heavy (non-hydrogen) atoms. The highest BCUT2D eigenvalue weighted by molar-refractivity contribution is 8.05. The first-order valence-corrected chi connectivity index (χ1v) is 9.15. The summed E-state index contributed by atoms with van der Waals surface area (Å²) in [6, 6.07) is 0. The number of rotatable bonds is 7. The van der Waals surface area contributed by atoms with Gasteiger partial charge in [-0.3, -0.25) is 9.13 Å². The Labute approximate surface area is 97.6 Å². The van der Waals surface area contributed by atoms with E-state index in [0.29, 0.717) is 17.9 Å². The van der Waals surface area contributed by atoms with E-state index in [2.05, 4.69) is 12.6 Å². The average molecular weight is 296 g/mol. The first kappa shape index (κ1) is 16.0. The topological polar surface area (TPSA) is 115 Å². The van der Waals surface area contributed by atoms with Gasteiger partial charge in [-0.25, -0.2) is 0 Å². The summed E-state index contributed by atoms with van der Waals surface area (Å²) in [7, 11) is -8.87. The van der Waals surface area contributed by atoms with Gasteiger partial charge in [0.1, 0.15) is 4.99 Å². The second-order valence-corrected chi connectivity index (χ2v) is 8.44. The van der Waals surface area contributed by atoms with E-state index in [-0.39, 0.29) is 0 Å². The zero-order chi connectivity index (χ0) is 12.1. The maximum atomic E-state index is 10.9. The fourth-order valence-electron chi connectivity index (χ4n) is 0.744. The van der Waals surface area contributed by atoms with Crippen LogP contribution in [-0.4, -0.2) is 42.2 Å². The van der Waals surface area contributed by atoms with E-state index in [1.54, 1.807) is 0 Å². The van der Waals surface area contributed by atoms with Gasteiger partial charge in [0.25, 0.3) is 0 Å². The van der Waals surface area contributed by atoms with Crippen LogP contribution in [0.1, 0.15) is 6.42 Å². The third-order valence-corrected chi connectivity index (χ3v) is 6.35. The van der Waals surface area contributed by atoms with E-state index >= 15 is 0 Å². The summed E-state index contributed by atoms with van der Waals surface area (Å²) >= 11 is 4.80. The quantitative estimate of drug-likeness (QED) is 0.267. The monoisotopic (exact) mass is 296 g/mol. The minimum atomic E-state index is -4.47. The van der Waals surface area contributed by atoms with Crippen molar-refractivity contribution in [1.82, 2.24) is 0 Å². The number of thiol groups is 1. The summed E-state index contributed by atoms with van der Waals surface area (Å²) in [5, 5.41) is 0. The molecule has 1 atom stereocenters. The molecule has 0 aliphatic heterocycles. The molecule has 0 saturated heterocycles. The van der Waals surface area contributed by atoms with E-state index in [1.807, 2.05) is 0 Å². The normalized spacial score (nSPS) is 15.3. The van der Waals surface area contributed by atoms with Gasteiger partial charge in [0.2, 0.25) is 0 Å². The molecule has 0 spiro atoms. The van der Waals surface area contributed by atoms with Crippen LogP contribution < -0.4 is 0 Å². The molecular weight excluding hydrogens is 282 g/mol. The van der Waals surface area contributed by atoms with Crippen molar-refractivity contribution in [3.63, 3.8) is 0 Å². The highest BCUT2D eigenvalue weighted by atomic mass is 32.2. The zero-order valence-electron chi connectivity index (χ0n) is 7.76. The molecule has 0 rings (SSSR count). The Morgan fingerprint density at radius 3 is 2.07 bits per heavy atom. The molecule has 4 N–H and O–H groups in total. The first-order valence-electron chi connectivity index (χ1n) is 3.99. The molecule has 0 aliphatic rings. The van der Waals surface area contributed by atoms with E-state index in [1.165, 1.54) is 0 Å². The van der Waals surface area contributed by atoms with Gasteiger partial charge in [-0.1, -0.05) is 0 Å². The fourth-order valence-corrected chi connectivity index (χ4v) is 5.69. The van der Waals surface area contributed by atoms with Crippen LogP contribution in [0.5, 0.6) is 0 Å². The van der Waals surface area contributed by atoms with E-state index < -0.39 is 26.3 Å². The summed E-state index contributed by atoms with van der Waals surface area (Å²) in [5.74, 6) is 0.982. The SMILES string of the molecule is O=P(O)(O)CC(SCCCS)P(=O)(O)O. The van der Waals surface area contributed by atoms with Crippen molar-refractivity contribution in [2.24, 2.45) is 0 Å². The largest absolute Gasteiger partial charge is 0.339 e. The molecule has 0 fully saturated rings. The first-order chi connectivity index (χ1) is 6.67. The van der Waals surface area contributed by atoms with E-state index in [0.717, 1.165) is 11.8 Å². The van der Waals surface area contributed by atoms with Gasteiger partial charge < -0.3 is 19.6 Å². The molecule has 1 unspecified atom stereocenters. The van der Waals surface area contributed by atoms with Gasteiger partial charge >= 0.3 is 15.2 Å². The molecule has 0 saturated carbocycles. The lowest BCUT2D eigenvalue weighted by Gasteiger charge is -2.18. The van der Waals surface area contributed by atoms with Crippen LogP contribution in [0.4, 0.5) is 0 Å². The van der Waals surface area contributed by atoms with Crippen molar-refractivity contribution < 1.29 is 28.7 Å². The summed E-state index contributed by atoms with van der Waals surface area (Å²) in [6.07, 6.45) is -0.167. The molecule has 0 heterocycles. The summed E-state index contributed by atoms with van der Waals surface area (Å²) in [5.41, 5.74) is 0. The molecule has 0 bridgehead atoms. The third kappa shape index (κ3) is 8.77. The minimum absolute atomic E-state index is 0.416. The van der Waals surface area contributed by atoms with Crippen molar-refractivity contribution in [3.8, 4) is 0 Å². The standard InChI is InChI=1S/C5H14O6P2S2/c6-12(7,8)4-5(13(9,10)11)15-3-1-2-14/h5,14H,1-4H2,(H2,6,7,8)(H2,9,10,11). The highest BCUT2D eigenvalue weighted by Gasteiger charge is 2.34. The van der Waals surface area contributed by atoms with Crippen LogP contribution in [0.15, 0.2) is 0 Å². The third-order valence-electron chi connectivity index (χ3n) is 1.38. The van der Waals surface area contributed by atoms with Crippen LogP contribution in [0.25, 0.3) is 0 Å². The van der Waals surface area contributed by atoms with Crippen LogP contribution in [0.2, 0.25) is 0 Å². The molecule has 0 radical (unpaired) electrons. The second kappa shape index (κ2) is 6.67. The van der Waals surface area contributed by atoms with Crippen LogP contribution in [0.3, 0.4) is 0 Å². The Morgan fingerprint density at radius 2 is 1.73 bits per heavy atom. The number of hydrogen-bond acceptors (Lipinski definition) is 4. The van der Waals surface area contributed by atoms with Gasteiger partial charge in [-0.05, 0) is 17.9 Å². The number of thioether (sulfide) groups is 1. The summed E-state index contributed by atoms with van der Waals surface area (Å²) in [6.45, 7) is 0. The Bertz CT molecular complexity index is 273. The van der Waals surface area contributed by atoms with Gasteiger partial charge in [-0.15, -0.1) is 11.8 Å². The molecule has 0 amide bonds. The Hall–Kier alpha value is 1.000. The highest BCUT2D eigenvalue weighted by Crippen LogP contribution is 2.53. The molecular formula is C5H14O6P2S2. The molecule has 6 nitrogen and oxygen atoms in total. The van der Waals surface area contributed by atoms with Gasteiger partial charge in [0.15, 0.2) is 0 Å². The summed E-state index contributed by atoms with van der Waals surface area (Å²) < 4.78 is 21.6. The fraction of sp³-hybridized carbons (Fsp3) is 1.00. The van der Waals surface area contributed by atoms with Gasteiger partial charge in [0, 0.05) is 0 Å². The summed E-state index contributed by atoms with van der Waals surface area (Å²) in [4.78, 5) is 33.7. The van der Waals surface area contributed by atoms with Crippen molar-refractivity contribution in [3.05, 3.63) is 0 Å². The maximum absolute atomic E-state index is 10.9. The lowest BCUT2D eigenvalue weighted by Crippen LogP contribution is -2.11. The number of hydrogen-bond donors (Lipinski definition) is 5.